The van der Waals surface area contributed by atoms with E-state index in [1.165, 1.54) is 6.08 Å². The lowest BCUT2D eigenvalue weighted by atomic mass is 10.2. The van der Waals surface area contributed by atoms with Crippen LogP contribution in [0, 0.1) is 0 Å². The van der Waals surface area contributed by atoms with Crippen LogP contribution in [0.2, 0.25) is 0 Å². The zero-order chi connectivity index (χ0) is 19.0. The number of para-hydroxylation sites is 1. The molecule has 0 heterocycles. The molecule has 0 atom stereocenters. The number of carbonyl (C=O) groups excluding carboxylic acids is 1. The minimum absolute atomic E-state index is 0.355. The van der Waals surface area contributed by atoms with Gasteiger partial charge in [0.25, 0.3) is 0 Å². The maximum atomic E-state index is 10.8. The molecule has 0 amide bonds. The molecular weight excluding hydrogens is 328 g/mol. The third-order valence-corrected chi connectivity index (χ3v) is 3.40. The number of rotatable bonds is 9. The van der Waals surface area contributed by atoms with Crippen LogP contribution in [0.25, 0.3) is 0 Å². The van der Waals surface area contributed by atoms with Crippen molar-refractivity contribution in [2.75, 3.05) is 24.7 Å². The topological polar surface area (TPSA) is 87.6 Å². The lowest BCUT2D eigenvalue weighted by Gasteiger charge is -2.06. The summed E-state index contributed by atoms with van der Waals surface area (Å²) in [6, 6.07) is 16.9. The zero-order valence-electron chi connectivity index (χ0n) is 15.1. The molecule has 2 aromatic carbocycles. The lowest BCUT2D eigenvalue weighted by molar-refractivity contribution is -0.137. The molecule has 0 aliphatic rings. The SMILES string of the molecule is C=CC(=O)OCCCCCCOc1ccc(N)cc1.Nc1ccccc1. The van der Waals surface area contributed by atoms with E-state index in [2.05, 4.69) is 6.58 Å². The molecule has 4 N–H and O–H groups in total. The van der Waals surface area contributed by atoms with Gasteiger partial charge in [0.2, 0.25) is 0 Å². The van der Waals surface area contributed by atoms with Crippen LogP contribution in [-0.2, 0) is 9.53 Å². The molecule has 2 rings (SSSR count). The van der Waals surface area contributed by atoms with Crippen molar-refractivity contribution in [3.05, 3.63) is 67.3 Å². The molecule has 0 saturated carbocycles. The van der Waals surface area contributed by atoms with E-state index in [0.717, 1.165) is 42.8 Å². The Morgan fingerprint density at radius 1 is 0.846 bits per heavy atom. The van der Waals surface area contributed by atoms with E-state index in [9.17, 15) is 4.79 Å². The highest BCUT2D eigenvalue weighted by Gasteiger charge is 1.96. The first kappa shape index (κ1) is 21.1. The van der Waals surface area contributed by atoms with Crippen molar-refractivity contribution in [2.24, 2.45) is 0 Å². The van der Waals surface area contributed by atoms with E-state index in [1.807, 2.05) is 54.6 Å². The number of esters is 1. The predicted molar refractivity (Wildman–Crippen MR) is 107 cm³/mol. The Morgan fingerprint density at radius 2 is 1.42 bits per heavy atom. The largest absolute Gasteiger partial charge is 0.494 e. The highest BCUT2D eigenvalue weighted by molar-refractivity contribution is 5.81. The van der Waals surface area contributed by atoms with Crippen LogP contribution < -0.4 is 16.2 Å². The monoisotopic (exact) mass is 356 g/mol. The Kier molecular flexibility index (Phi) is 10.8. The van der Waals surface area contributed by atoms with E-state index >= 15 is 0 Å². The van der Waals surface area contributed by atoms with Crippen LogP contribution in [0.3, 0.4) is 0 Å². The summed E-state index contributed by atoms with van der Waals surface area (Å²) >= 11 is 0. The van der Waals surface area contributed by atoms with Gasteiger partial charge in [-0.05, 0) is 62.1 Å². The minimum Gasteiger partial charge on any atom is -0.494 e. The van der Waals surface area contributed by atoms with E-state index in [0.29, 0.717) is 13.2 Å². The van der Waals surface area contributed by atoms with Crippen molar-refractivity contribution in [1.29, 1.82) is 0 Å². The summed E-state index contributed by atoms with van der Waals surface area (Å²) in [5.41, 5.74) is 12.5. The molecule has 0 unspecified atom stereocenters. The molecule has 0 spiro atoms. The minimum atomic E-state index is -0.355. The zero-order valence-corrected chi connectivity index (χ0v) is 15.1. The summed E-state index contributed by atoms with van der Waals surface area (Å²) in [7, 11) is 0. The van der Waals surface area contributed by atoms with Crippen molar-refractivity contribution in [3.63, 3.8) is 0 Å². The predicted octanol–water partition coefficient (Wildman–Crippen LogP) is 4.21. The summed E-state index contributed by atoms with van der Waals surface area (Å²) in [5, 5.41) is 0. The number of carbonyl (C=O) groups is 1. The van der Waals surface area contributed by atoms with Crippen LogP contribution in [0.15, 0.2) is 67.3 Å². The molecule has 5 nitrogen and oxygen atoms in total. The summed E-state index contributed by atoms with van der Waals surface area (Å²) in [5.74, 6) is 0.487. The number of hydrogen-bond acceptors (Lipinski definition) is 5. The van der Waals surface area contributed by atoms with Gasteiger partial charge in [-0.3, -0.25) is 0 Å². The van der Waals surface area contributed by atoms with E-state index in [4.69, 9.17) is 20.9 Å². The van der Waals surface area contributed by atoms with Gasteiger partial charge in [-0.1, -0.05) is 24.8 Å². The van der Waals surface area contributed by atoms with Gasteiger partial charge < -0.3 is 20.9 Å². The summed E-state index contributed by atoms with van der Waals surface area (Å²) in [4.78, 5) is 10.8. The first-order valence-electron chi connectivity index (χ1n) is 8.70. The molecule has 0 radical (unpaired) electrons. The number of nitrogen functional groups attached to an aromatic ring is 2. The molecule has 2 aromatic rings. The molecule has 140 valence electrons. The van der Waals surface area contributed by atoms with Gasteiger partial charge in [0, 0.05) is 17.5 Å². The second-order valence-corrected chi connectivity index (χ2v) is 5.61. The Labute approximate surface area is 155 Å². The first-order chi connectivity index (χ1) is 12.6. The molecular formula is C21H28N2O3. The van der Waals surface area contributed by atoms with Crippen molar-refractivity contribution in [2.45, 2.75) is 25.7 Å². The molecule has 0 saturated heterocycles. The van der Waals surface area contributed by atoms with Crippen LogP contribution in [0.5, 0.6) is 5.75 Å². The Hall–Kier alpha value is -2.95. The van der Waals surface area contributed by atoms with Crippen LogP contribution in [0.1, 0.15) is 25.7 Å². The molecule has 0 aliphatic carbocycles. The van der Waals surface area contributed by atoms with Crippen molar-refractivity contribution < 1.29 is 14.3 Å². The normalized spacial score (nSPS) is 9.54. The Balaban J connectivity index is 0.000000401. The second-order valence-electron chi connectivity index (χ2n) is 5.61. The van der Waals surface area contributed by atoms with Crippen molar-refractivity contribution in [1.82, 2.24) is 0 Å². The highest BCUT2D eigenvalue weighted by Crippen LogP contribution is 2.13. The fourth-order valence-electron chi connectivity index (χ4n) is 2.00. The van der Waals surface area contributed by atoms with E-state index in [1.54, 1.807) is 0 Å². The van der Waals surface area contributed by atoms with Gasteiger partial charge in [-0.2, -0.15) is 0 Å². The summed E-state index contributed by atoms with van der Waals surface area (Å²) < 4.78 is 10.4. The van der Waals surface area contributed by atoms with Gasteiger partial charge in [0.1, 0.15) is 5.75 Å². The van der Waals surface area contributed by atoms with Crippen molar-refractivity contribution in [3.8, 4) is 5.75 Å². The van der Waals surface area contributed by atoms with Crippen LogP contribution in [-0.4, -0.2) is 19.2 Å². The number of benzene rings is 2. The summed E-state index contributed by atoms with van der Waals surface area (Å²) in [6.07, 6.45) is 5.12. The Bertz CT molecular complexity index is 627. The van der Waals surface area contributed by atoms with Gasteiger partial charge >= 0.3 is 5.97 Å². The fourth-order valence-corrected chi connectivity index (χ4v) is 2.00. The number of hydrogen-bond donors (Lipinski definition) is 2. The van der Waals surface area contributed by atoms with Crippen LogP contribution in [0.4, 0.5) is 11.4 Å². The van der Waals surface area contributed by atoms with Gasteiger partial charge in [-0.15, -0.1) is 0 Å². The molecule has 5 heteroatoms. The van der Waals surface area contributed by atoms with Crippen molar-refractivity contribution >= 4 is 17.3 Å². The third kappa shape index (κ3) is 10.8. The molecule has 0 fully saturated rings. The number of nitrogens with two attached hydrogens (primary N) is 2. The average Bonchev–Trinajstić information content (AvgIpc) is 2.66. The van der Waals surface area contributed by atoms with Gasteiger partial charge in [0.05, 0.1) is 13.2 Å². The fraction of sp³-hybridized carbons (Fsp3) is 0.286. The lowest BCUT2D eigenvalue weighted by Crippen LogP contribution is -2.02. The number of unbranched alkanes of at least 4 members (excludes halogenated alkanes) is 3. The molecule has 0 aromatic heterocycles. The average molecular weight is 356 g/mol. The van der Waals surface area contributed by atoms with E-state index in [-0.39, 0.29) is 5.97 Å². The second kappa shape index (κ2) is 13.4. The standard InChI is InChI=1S/C15H21NO3.C6H7N/c1-2-15(17)19-12-6-4-3-5-11-18-14-9-7-13(16)8-10-14;7-6-4-2-1-3-5-6/h2,7-10H,1,3-6,11-12,16H2;1-5H,7H2. The third-order valence-electron chi connectivity index (χ3n) is 3.40. The Morgan fingerprint density at radius 3 is 1.96 bits per heavy atom. The molecule has 0 bridgehead atoms. The van der Waals surface area contributed by atoms with E-state index < -0.39 is 0 Å². The maximum absolute atomic E-state index is 10.8. The quantitative estimate of drug-likeness (QED) is 0.304. The van der Waals surface area contributed by atoms with Crippen LogP contribution >= 0.6 is 0 Å². The number of anilines is 2. The first-order valence-corrected chi connectivity index (χ1v) is 8.70. The molecule has 0 aliphatic heterocycles. The maximum Gasteiger partial charge on any atom is 0.330 e. The van der Waals surface area contributed by atoms with Gasteiger partial charge in [-0.25, -0.2) is 4.79 Å². The highest BCUT2D eigenvalue weighted by atomic mass is 16.5. The smallest absolute Gasteiger partial charge is 0.330 e. The van der Waals surface area contributed by atoms with Gasteiger partial charge in [0.15, 0.2) is 0 Å². The molecule has 26 heavy (non-hydrogen) atoms. The number of ether oxygens (including phenoxy) is 2. The summed E-state index contributed by atoms with van der Waals surface area (Å²) in [6.45, 7) is 4.49.